The Bertz CT molecular complexity index is 1130. The van der Waals surface area contributed by atoms with Gasteiger partial charge in [-0.25, -0.2) is 12.7 Å². The van der Waals surface area contributed by atoms with Crippen LogP contribution in [0.15, 0.2) is 52.3 Å². The number of hydrogen-bond donors (Lipinski definition) is 0. The number of esters is 1. The Balaban J connectivity index is 1.46. The van der Waals surface area contributed by atoms with Gasteiger partial charge in [0, 0.05) is 27.9 Å². The largest absolute Gasteiger partial charge is 0.455 e. The third-order valence-electron chi connectivity index (χ3n) is 5.33. The quantitative estimate of drug-likeness (QED) is 0.620. The number of nitrogens with zero attached hydrogens (tertiary/aromatic N) is 2. The Morgan fingerprint density at radius 1 is 1.10 bits per heavy atom. The lowest BCUT2D eigenvalue weighted by Crippen LogP contribution is -2.40. The highest BCUT2D eigenvalue weighted by molar-refractivity contribution is 7.99. The van der Waals surface area contributed by atoms with E-state index >= 15 is 0 Å². The molecular formula is C21H21ClN2O5S2. The van der Waals surface area contributed by atoms with E-state index in [2.05, 4.69) is 0 Å². The summed E-state index contributed by atoms with van der Waals surface area (Å²) in [5, 5.41) is 0.506. The van der Waals surface area contributed by atoms with Crippen LogP contribution in [0.3, 0.4) is 0 Å². The van der Waals surface area contributed by atoms with Crippen molar-refractivity contribution in [1.82, 2.24) is 4.31 Å². The van der Waals surface area contributed by atoms with E-state index in [4.69, 9.17) is 16.3 Å². The zero-order valence-electron chi connectivity index (χ0n) is 16.8. The van der Waals surface area contributed by atoms with Crippen LogP contribution >= 0.6 is 23.4 Å². The predicted octanol–water partition coefficient (Wildman–Crippen LogP) is 3.68. The first-order valence-electron chi connectivity index (χ1n) is 9.75. The van der Waals surface area contributed by atoms with E-state index in [0.717, 1.165) is 16.0 Å². The predicted molar refractivity (Wildman–Crippen MR) is 119 cm³/mol. The van der Waals surface area contributed by atoms with Crippen molar-refractivity contribution >= 4 is 56.6 Å². The van der Waals surface area contributed by atoms with Crippen molar-refractivity contribution in [2.24, 2.45) is 5.92 Å². The summed E-state index contributed by atoms with van der Waals surface area (Å²) in [5.74, 6) is -1.28. The lowest BCUT2D eigenvalue weighted by atomic mass is 9.98. The van der Waals surface area contributed by atoms with Gasteiger partial charge < -0.3 is 4.74 Å². The number of fused-ring (bicyclic) bond motifs is 2. The van der Waals surface area contributed by atoms with Crippen molar-refractivity contribution < 1.29 is 22.7 Å². The summed E-state index contributed by atoms with van der Waals surface area (Å²) in [6.45, 7) is 0.139. The van der Waals surface area contributed by atoms with E-state index in [1.807, 2.05) is 30.3 Å². The molecule has 2 aliphatic heterocycles. The molecule has 1 saturated heterocycles. The average molecular weight is 481 g/mol. The molecule has 4 rings (SSSR count). The van der Waals surface area contributed by atoms with Gasteiger partial charge in [0.05, 0.1) is 23.5 Å². The van der Waals surface area contributed by atoms with Gasteiger partial charge in [-0.2, -0.15) is 0 Å². The van der Waals surface area contributed by atoms with Crippen molar-refractivity contribution in [3.63, 3.8) is 0 Å². The smallest absolute Gasteiger partial charge is 0.309 e. The first kappa shape index (κ1) is 22.1. The third-order valence-corrected chi connectivity index (χ3v) is 8.00. The molecule has 0 atom stereocenters. The van der Waals surface area contributed by atoms with Crippen LogP contribution in [0.1, 0.15) is 12.8 Å². The summed E-state index contributed by atoms with van der Waals surface area (Å²) >= 11 is 7.71. The summed E-state index contributed by atoms with van der Waals surface area (Å²) < 4.78 is 29.9. The molecule has 31 heavy (non-hydrogen) atoms. The number of amides is 1. The number of sulfonamides is 1. The van der Waals surface area contributed by atoms with E-state index in [0.29, 0.717) is 29.2 Å². The van der Waals surface area contributed by atoms with Gasteiger partial charge in [-0.1, -0.05) is 35.5 Å². The molecule has 2 aromatic rings. The molecule has 10 heteroatoms. The van der Waals surface area contributed by atoms with E-state index in [-0.39, 0.29) is 19.0 Å². The van der Waals surface area contributed by atoms with Gasteiger partial charge in [0.2, 0.25) is 10.0 Å². The number of ether oxygens (including phenoxy) is 1. The zero-order valence-corrected chi connectivity index (χ0v) is 19.2. The van der Waals surface area contributed by atoms with Crippen molar-refractivity contribution in [1.29, 1.82) is 0 Å². The maximum Gasteiger partial charge on any atom is 0.309 e. The van der Waals surface area contributed by atoms with Crippen LogP contribution in [0.25, 0.3) is 0 Å². The number of para-hydroxylation sites is 1. The van der Waals surface area contributed by atoms with E-state index < -0.39 is 28.5 Å². The topological polar surface area (TPSA) is 84.0 Å². The van der Waals surface area contributed by atoms with Crippen molar-refractivity contribution in [3.05, 3.63) is 47.5 Å². The molecule has 1 amide bonds. The first-order chi connectivity index (χ1) is 14.7. The highest BCUT2D eigenvalue weighted by atomic mass is 35.5. The number of anilines is 2. The SMILES string of the molecule is CS(=O)(=O)N1CCC(C(=O)OCC(=O)N2c3ccccc3Sc3ccc(Cl)cc32)CC1. The molecule has 0 spiro atoms. The van der Waals surface area contributed by atoms with E-state index in [1.54, 1.807) is 23.9 Å². The molecule has 0 saturated carbocycles. The van der Waals surface area contributed by atoms with Gasteiger partial charge >= 0.3 is 5.97 Å². The second-order valence-electron chi connectivity index (χ2n) is 7.46. The molecular weight excluding hydrogens is 460 g/mol. The lowest BCUT2D eigenvalue weighted by molar-refractivity contribution is -0.153. The van der Waals surface area contributed by atoms with Crippen LogP contribution in [0.5, 0.6) is 0 Å². The molecule has 2 heterocycles. The molecule has 0 bridgehead atoms. The number of carbonyl (C=O) groups is 2. The van der Waals surface area contributed by atoms with Gasteiger partial charge in [-0.3, -0.25) is 14.5 Å². The van der Waals surface area contributed by atoms with Crippen molar-refractivity contribution in [2.45, 2.75) is 22.6 Å². The van der Waals surface area contributed by atoms with Crippen molar-refractivity contribution in [3.8, 4) is 0 Å². The molecule has 0 unspecified atom stereocenters. The van der Waals surface area contributed by atoms with Gasteiger partial charge in [-0.15, -0.1) is 0 Å². The summed E-state index contributed by atoms with van der Waals surface area (Å²) in [5.41, 5.74) is 1.36. The van der Waals surface area contributed by atoms with Gasteiger partial charge in [0.1, 0.15) is 0 Å². The number of hydrogen-bond acceptors (Lipinski definition) is 6. The molecule has 2 aliphatic rings. The Morgan fingerprint density at radius 3 is 2.48 bits per heavy atom. The maximum atomic E-state index is 13.1. The Morgan fingerprint density at radius 2 is 1.77 bits per heavy atom. The minimum atomic E-state index is -3.27. The number of benzene rings is 2. The van der Waals surface area contributed by atoms with Gasteiger partial charge in [0.15, 0.2) is 6.61 Å². The first-order valence-corrected chi connectivity index (χ1v) is 12.8. The number of halogens is 1. The van der Waals surface area contributed by atoms with E-state index in [9.17, 15) is 18.0 Å². The van der Waals surface area contributed by atoms with Crippen LogP contribution in [0, 0.1) is 5.92 Å². The second-order valence-corrected chi connectivity index (χ2v) is 11.0. The summed E-state index contributed by atoms with van der Waals surface area (Å²) in [6.07, 6.45) is 1.91. The van der Waals surface area contributed by atoms with Crippen molar-refractivity contribution in [2.75, 3.05) is 30.9 Å². The van der Waals surface area contributed by atoms with Crippen LogP contribution in [-0.2, 0) is 24.3 Å². The van der Waals surface area contributed by atoms with Crippen LogP contribution in [0.4, 0.5) is 11.4 Å². The summed E-state index contributed by atoms with van der Waals surface area (Å²) in [4.78, 5) is 29.0. The van der Waals surface area contributed by atoms with Gasteiger partial charge in [-0.05, 0) is 43.2 Å². The fourth-order valence-electron chi connectivity index (χ4n) is 3.74. The fraction of sp³-hybridized carbons (Fsp3) is 0.333. The molecule has 7 nitrogen and oxygen atoms in total. The number of piperidine rings is 1. The second kappa shape index (κ2) is 8.82. The lowest BCUT2D eigenvalue weighted by Gasteiger charge is -2.31. The monoisotopic (exact) mass is 480 g/mol. The molecule has 0 aromatic heterocycles. The van der Waals surface area contributed by atoms with Crippen LogP contribution in [-0.4, -0.2) is 50.6 Å². The minimum Gasteiger partial charge on any atom is -0.455 e. The molecule has 1 fully saturated rings. The minimum absolute atomic E-state index is 0.273. The van der Waals surface area contributed by atoms with E-state index in [1.165, 1.54) is 9.21 Å². The molecule has 0 N–H and O–H groups in total. The Kier molecular flexibility index (Phi) is 6.30. The highest BCUT2D eigenvalue weighted by Crippen LogP contribution is 2.48. The number of rotatable bonds is 4. The summed E-state index contributed by atoms with van der Waals surface area (Å²) in [6, 6.07) is 12.9. The van der Waals surface area contributed by atoms with Crippen LogP contribution < -0.4 is 4.90 Å². The Hall–Kier alpha value is -2.07. The fourth-order valence-corrected chi connectivity index (χ4v) is 5.81. The number of carbonyl (C=O) groups excluding carboxylic acids is 2. The molecule has 164 valence electrons. The van der Waals surface area contributed by atoms with Crippen LogP contribution in [0.2, 0.25) is 5.02 Å². The molecule has 0 radical (unpaired) electrons. The normalized spacial score (nSPS) is 17.0. The molecule has 2 aromatic carbocycles. The standard InChI is InChI=1S/C21H21ClN2O5S2/c1-31(27,28)23-10-8-14(9-11-23)21(26)29-13-20(25)24-16-4-2-3-5-18(16)30-19-7-6-15(22)12-17(19)24/h2-7,12,14H,8-11,13H2,1H3. The zero-order chi connectivity index (χ0) is 22.2. The maximum absolute atomic E-state index is 13.1. The molecule has 0 aliphatic carbocycles. The average Bonchev–Trinajstić information content (AvgIpc) is 2.75. The third kappa shape index (κ3) is 4.74. The Labute approximate surface area is 190 Å². The van der Waals surface area contributed by atoms with Gasteiger partial charge in [0.25, 0.3) is 5.91 Å². The highest BCUT2D eigenvalue weighted by Gasteiger charge is 2.32. The summed E-state index contributed by atoms with van der Waals surface area (Å²) in [7, 11) is -3.27.